The molecule has 0 saturated heterocycles. The Bertz CT molecular complexity index is 1080. The lowest BCUT2D eigenvalue weighted by Gasteiger charge is -2.07. The maximum absolute atomic E-state index is 11.9. The van der Waals surface area contributed by atoms with E-state index in [1.54, 1.807) is 12.3 Å². The van der Waals surface area contributed by atoms with Crippen molar-refractivity contribution in [3.05, 3.63) is 57.6 Å². The number of aromatic amines is 1. The molecule has 0 saturated carbocycles. The highest BCUT2D eigenvalue weighted by Crippen LogP contribution is 2.27. The van der Waals surface area contributed by atoms with Crippen molar-refractivity contribution in [1.82, 2.24) is 29.1 Å². The first-order valence-electron chi connectivity index (χ1n) is 6.17. The molecule has 10 heteroatoms. The average molecular weight is 297 g/mol. The van der Waals surface area contributed by atoms with Crippen molar-refractivity contribution in [2.45, 2.75) is 0 Å². The lowest BCUT2D eigenvalue weighted by Crippen LogP contribution is -2.11. The number of fused-ring (bicyclic) bond motifs is 3. The number of nitro groups is 1. The van der Waals surface area contributed by atoms with Crippen LogP contribution >= 0.6 is 0 Å². The van der Waals surface area contributed by atoms with E-state index in [-0.39, 0.29) is 11.3 Å². The minimum absolute atomic E-state index is 0.123. The van der Waals surface area contributed by atoms with Crippen LogP contribution in [0.5, 0.6) is 0 Å². The first-order valence-corrected chi connectivity index (χ1v) is 6.17. The predicted octanol–water partition coefficient (Wildman–Crippen LogP) is 0.665. The van der Waals surface area contributed by atoms with Crippen molar-refractivity contribution < 1.29 is 4.92 Å². The smallest absolute Gasteiger partial charge is 0.295 e. The molecule has 0 spiro atoms. The summed E-state index contributed by atoms with van der Waals surface area (Å²) in [7, 11) is 0. The fourth-order valence-corrected chi connectivity index (χ4v) is 2.36. The summed E-state index contributed by atoms with van der Waals surface area (Å²) >= 11 is 0. The van der Waals surface area contributed by atoms with Gasteiger partial charge in [-0.05, 0) is 6.07 Å². The van der Waals surface area contributed by atoms with Crippen LogP contribution in [0.15, 0.2) is 42.0 Å². The van der Waals surface area contributed by atoms with Gasteiger partial charge in [-0.25, -0.2) is 4.98 Å². The third-order valence-electron chi connectivity index (χ3n) is 3.33. The highest BCUT2D eigenvalue weighted by molar-refractivity contribution is 5.83. The number of rotatable bonds is 2. The number of benzene rings is 1. The highest BCUT2D eigenvalue weighted by atomic mass is 16.6. The molecule has 0 atom stereocenters. The number of aromatic nitrogens is 6. The molecular formula is C12H7N7O3. The first kappa shape index (κ1) is 12.2. The van der Waals surface area contributed by atoms with Gasteiger partial charge in [0.25, 0.3) is 11.2 Å². The van der Waals surface area contributed by atoms with Crippen LogP contribution < -0.4 is 5.56 Å². The summed E-state index contributed by atoms with van der Waals surface area (Å²) in [4.78, 5) is 29.2. The molecule has 3 aromatic heterocycles. The van der Waals surface area contributed by atoms with Crippen LogP contribution in [0.1, 0.15) is 0 Å². The van der Waals surface area contributed by atoms with E-state index >= 15 is 0 Å². The number of hydrogen-bond donors (Lipinski definition) is 1. The van der Waals surface area contributed by atoms with Crippen molar-refractivity contribution in [3.63, 3.8) is 0 Å². The van der Waals surface area contributed by atoms with E-state index < -0.39 is 10.5 Å². The van der Waals surface area contributed by atoms with Gasteiger partial charge < -0.3 is 9.55 Å². The third-order valence-corrected chi connectivity index (χ3v) is 3.33. The summed E-state index contributed by atoms with van der Waals surface area (Å²) in [5, 5.41) is 18.7. The number of hydrogen-bond acceptors (Lipinski definition) is 6. The molecule has 4 rings (SSSR count). The lowest BCUT2D eigenvalue weighted by molar-refractivity contribution is -0.384. The molecule has 10 nitrogen and oxygen atoms in total. The Balaban J connectivity index is 2.18. The van der Waals surface area contributed by atoms with Crippen molar-refractivity contribution in [1.29, 1.82) is 0 Å². The molecule has 108 valence electrons. The van der Waals surface area contributed by atoms with E-state index in [9.17, 15) is 14.9 Å². The molecule has 1 N–H and O–H groups in total. The zero-order valence-corrected chi connectivity index (χ0v) is 10.9. The molecule has 4 aromatic rings. The fraction of sp³-hybridized carbons (Fsp3) is 0. The summed E-state index contributed by atoms with van der Waals surface area (Å²) in [6.07, 6.45) is 5.97. The Hall–Kier alpha value is -3.56. The predicted molar refractivity (Wildman–Crippen MR) is 74.9 cm³/mol. The molecule has 0 amide bonds. The quantitative estimate of drug-likeness (QED) is 0.428. The monoisotopic (exact) mass is 297 g/mol. The van der Waals surface area contributed by atoms with Gasteiger partial charge in [-0.15, -0.1) is 10.2 Å². The molecule has 0 unspecified atom stereocenters. The normalized spacial score (nSPS) is 11.3. The van der Waals surface area contributed by atoms with E-state index in [1.165, 1.54) is 33.9 Å². The van der Waals surface area contributed by atoms with Gasteiger partial charge in [0.1, 0.15) is 12.0 Å². The second-order valence-electron chi connectivity index (χ2n) is 4.56. The number of nitrogens with zero attached hydrogens (tertiary/aromatic N) is 6. The Morgan fingerprint density at radius 2 is 2.14 bits per heavy atom. The van der Waals surface area contributed by atoms with Crippen molar-refractivity contribution in [2.24, 2.45) is 0 Å². The van der Waals surface area contributed by atoms with Crippen LogP contribution in [0, 0.1) is 10.1 Å². The van der Waals surface area contributed by atoms with Gasteiger partial charge in [-0.3, -0.25) is 19.3 Å². The molecule has 22 heavy (non-hydrogen) atoms. The molecule has 0 aliphatic heterocycles. The van der Waals surface area contributed by atoms with Crippen LogP contribution in [0.4, 0.5) is 5.69 Å². The van der Waals surface area contributed by atoms with Crippen LogP contribution in [-0.4, -0.2) is 34.1 Å². The van der Waals surface area contributed by atoms with E-state index in [0.717, 1.165) is 0 Å². The first-order chi connectivity index (χ1) is 10.6. The number of H-pyrrole nitrogens is 1. The summed E-state index contributed by atoms with van der Waals surface area (Å²) in [5.74, 6) is 0. The minimum atomic E-state index is -0.510. The van der Waals surface area contributed by atoms with Crippen LogP contribution in [0.2, 0.25) is 0 Å². The molecule has 1 aromatic carbocycles. The zero-order valence-electron chi connectivity index (χ0n) is 10.9. The van der Waals surface area contributed by atoms with Crippen molar-refractivity contribution in [3.8, 4) is 5.69 Å². The topological polar surface area (TPSA) is 124 Å². The Morgan fingerprint density at radius 3 is 2.86 bits per heavy atom. The average Bonchev–Trinajstić information content (AvgIpc) is 3.18. The molecule has 0 radical (unpaired) electrons. The number of nitro benzene ring substituents is 1. The van der Waals surface area contributed by atoms with Gasteiger partial charge >= 0.3 is 0 Å². The number of nitrogens with one attached hydrogen (secondary N) is 1. The van der Waals surface area contributed by atoms with Crippen LogP contribution in [0.25, 0.3) is 22.4 Å². The number of imidazole rings is 1. The second kappa shape index (κ2) is 4.22. The summed E-state index contributed by atoms with van der Waals surface area (Å²) in [6, 6.07) is 2.90. The third kappa shape index (κ3) is 1.60. The molecule has 3 heterocycles. The highest BCUT2D eigenvalue weighted by Gasteiger charge is 2.19. The Kier molecular flexibility index (Phi) is 2.34. The van der Waals surface area contributed by atoms with Gasteiger partial charge in [0, 0.05) is 18.5 Å². The Morgan fingerprint density at radius 1 is 1.27 bits per heavy atom. The van der Waals surface area contributed by atoms with Crippen LogP contribution in [0.3, 0.4) is 0 Å². The second-order valence-corrected chi connectivity index (χ2v) is 4.56. The maximum atomic E-state index is 11.9. The SMILES string of the molecule is O=c1[nH]c2cc([N+](=O)[O-])c(-n3ccnc3)cc2n2cnnc12. The minimum Gasteiger partial charge on any atom is -0.317 e. The molecule has 0 aliphatic rings. The standard InChI is InChI=1S/C12H7N7O3/c20-12-11-16-14-6-18(11)8-4-9(17-2-1-13-5-17)10(19(21)22)3-7(8)15-12/h1-6H,(H,15,20). The Labute approximate surface area is 120 Å². The van der Waals surface area contributed by atoms with E-state index in [1.807, 2.05) is 0 Å². The zero-order chi connectivity index (χ0) is 15.3. The fourth-order valence-electron chi connectivity index (χ4n) is 2.36. The summed E-state index contributed by atoms with van der Waals surface area (Å²) < 4.78 is 3.01. The van der Waals surface area contributed by atoms with Crippen molar-refractivity contribution >= 4 is 22.4 Å². The molecule has 0 bridgehead atoms. The molecular weight excluding hydrogens is 290 g/mol. The van der Waals surface area contributed by atoms with E-state index in [2.05, 4.69) is 20.2 Å². The largest absolute Gasteiger partial charge is 0.317 e. The van der Waals surface area contributed by atoms with Gasteiger partial charge in [0.2, 0.25) is 5.65 Å². The summed E-state index contributed by atoms with van der Waals surface area (Å²) in [6.45, 7) is 0. The lowest BCUT2D eigenvalue weighted by atomic mass is 10.2. The van der Waals surface area contributed by atoms with Gasteiger partial charge in [-0.1, -0.05) is 0 Å². The van der Waals surface area contributed by atoms with Crippen molar-refractivity contribution in [2.75, 3.05) is 0 Å². The maximum Gasteiger partial charge on any atom is 0.295 e. The summed E-state index contributed by atoms with van der Waals surface area (Å²) in [5.41, 5.74) is 0.722. The van der Waals surface area contributed by atoms with E-state index in [0.29, 0.717) is 16.7 Å². The van der Waals surface area contributed by atoms with Gasteiger partial charge in [0.15, 0.2) is 0 Å². The molecule has 0 aliphatic carbocycles. The van der Waals surface area contributed by atoms with Gasteiger partial charge in [-0.2, -0.15) is 0 Å². The van der Waals surface area contributed by atoms with Gasteiger partial charge in [0.05, 0.1) is 22.3 Å². The van der Waals surface area contributed by atoms with Crippen LogP contribution in [-0.2, 0) is 0 Å². The van der Waals surface area contributed by atoms with E-state index in [4.69, 9.17) is 0 Å². The molecule has 0 fully saturated rings.